The summed E-state index contributed by atoms with van der Waals surface area (Å²) in [7, 11) is 2.03. The number of halogens is 1. The third-order valence-corrected chi connectivity index (χ3v) is 3.78. The molecule has 1 aliphatic rings. The predicted molar refractivity (Wildman–Crippen MR) is 69.6 cm³/mol. The first-order valence-corrected chi connectivity index (χ1v) is 6.29. The smallest absolute Gasteiger partial charge is 0.130 e. The number of rotatable bonds is 4. The molecule has 0 radical (unpaired) electrons. The van der Waals surface area contributed by atoms with Gasteiger partial charge in [-0.15, -0.1) is 0 Å². The summed E-state index contributed by atoms with van der Waals surface area (Å²) in [6.45, 7) is 4.03. The molecule has 17 heavy (non-hydrogen) atoms. The molecule has 3 heteroatoms. The van der Waals surface area contributed by atoms with E-state index in [1.54, 1.807) is 6.07 Å². The largest absolute Gasteiger partial charge is 0.371 e. The van der Waals surface area contributed by atoms with Gasteiger partial charge in [-0.05, 0) is 44.7 Å². The summed E-state index contributed by atoms with van der Waals surface area (Å²) >= 11 is 0. The van der Waals surface area contributed by atoms with Crippen molar-refractivity contribution < 1.29 is 4.39 Å². The van der Waals surface area contributed by atoms with Crippen molar-refractivity contribution in [3.05, 3.63) is 29.6 Å². The fourth-order valence-corrected chi connectivity index (χ4v) is 2.40. The molecule has 0 spiro atoms. The van der Waals surface area contributed by atoms with Gasteiger partial charge in [-0.1, -0.05) is 6.07 Å². The fourth-order valence-electron chi connectivity index (χ4n) is 2.40. The van der Waals surface area contributed by atoms with Crippen LogP contribution in [0.1, 0.15) is 38.3 Å². The minimum atomic E-state index is -0.278. The second-order valence-electron chi connectivity index (χ2n) is 5.15. The lowest BCUT2D eigenvalue weighted by molar-refractivity contribution is 0.577. The van der Waals surface area contributed by atoms with E-state index in [0.717, 1.165) is 11.6 Å². The van der Waals surface area contributed by atoms with Crippen LogP contribution < -0.4 is 10.6 Å². The van der Waals surface area contributed by atoms with Crippen molar-refractivity contribution in [2.24, 2.45) is 11.7 Å². The molecule has 2 nitrogen and oxygen atoms in total. The maximum atomic E-state index is 13.8. The number of anilines is 1. The summed E-state index contributed by atoms with van der Waals surface area (Å²) in [5.74, 6) is 0.552. The SMILES string of the molecule is CC(C1CC1)N(C)c1cccc(F)c1[C@H](C)N. The van der Waals surface area contributed by atoms with Crippen LogP contribution in [0.25, 0.3) is 0 Å². The van der Waals surface area contributed by atoms with Gasteiger partial charge in [0.15, 0.2) is 0 Å². The molecule has 1 saturated carbocycles. The van der Waals surface area contributed by atoms with Crippen molar-refractivity contribution in [3.63, 3.8) is 0 Å². The van der Waals surface area contributed by atoms with Crippen LogP contribution in [-0.2, 0) is 0 Å². The molecule has 1 aromatic rings. The molecule has 1 aromatic carbocycles. The Labute approximate surface area is 103 Å². The average molecular weight is 236 g/mol. The van der Waals surface area contributed by atoms with Crippen molar-refractivity contribution >= 4 is 5.69 Å². The normalized spacial score (nSPS) is 18.9. The third-order valence-electron chi connectivity index (χ3n) is 3.78. The molecule has 0 aromatic heterocycles. The lowest BCUT2D eigenvalue weighted by Gasteiger charge is -2.30. The maximum absolute atomic E-state index is 13.8. The number of hydrogen-bond donors (Lipinski definition) is 1. The first-order valence-electron chi connectivity index (χ1n) is 6.29. The van der Waals surface area contributed by atoms with E-state index in [0.29, 0.717) is 11.6 Å². The Bertz CT molecular complexity index is 399. The minimum Gasteiger partial charge on any atom is -0.371 e. The highest BCUT2D eigenvalue weighted by Crippen LogP contribution is 2.38. The lowest BCUT2D eigenvalue weighted by Crippen LogP contribution is -2.32. The number of hydrogen-bond acceptors (Lipinski definition) is 2. The first kappa shape index (κ1) is 12.4. The highest BCUT2D eigenvalue weighted by Gasteiger charge is 2.31. The van der Waals surface area contributed by atoms with E-state index in [2.05, 4.69) is 11.8 Å². The number of benzene rings is 1. The summed E-state index contributed by atoms with van der Waals surface area (Å²) in [4.78, 5) is 2.17. The minimum absolute atomic E-state index is 0.202. The highest BCUT2D eigenvalue weighted by atomic mass is 19.1. The molecule has 94 valence electrons. The van der Waals surface area contributed by atoms with Crippen molar-refractivity contribution in [2.75, 3.05) is 11.9 Å². The van der Waals surface area contributed by atoms with Gasteiger partial charge in [-0.25, -0.2) is 4.39 Å². The number of nitrogens with zero attached hydrogens (tertiary/aromatic N) is 1. The van der Waals surface area contributed by atoms with Crippen LogP contribution in [0, 0.1) is 11.7 Å². The Balaban J connectivity index is 2.33. The highest BCUT2D eigenvalue weighted by molar-refractivity contribution is 5.55. The van der Waals surface area contributed by atoms with E-state index in [-0.39, 0.29) is 11.9 Å². The molecule has 0 bridgehead atoms. The van der Waals surface area contributed by atoms with Gasteiger partial charge in [0.2, 0.25) is 0 Å². The zero-order chi connectivity index (χ0) is 12.6. The second kappa shape index (κ2) is 4.65. The van der Waals surface area contributed by atoms with E-state index < -0.39 is 0 Å². The maximum Gasteiger partial charge on any atom is 0.130 e. The van der Waals surface area contributed by atoms with Gasteiger partial charge in [-0.3, -0.25) is 0 Å². The molecule has 2 N–H and O–H groups in total. The molecule has 2 rings (SSSR count). The molecule has 0 heterocycles. The molecular formula is C14H21FN2. The monoisotopic (exact) mass is 236 g/mol. The summed E-state index contributed by atoms with van der Waals surface area (Å²) in [6, 6.07) is 5.37. The molecule has 1 unspecified atom stereocenters. The van der Waals surface area contributed by atoms with Gasteiger partial charge in [0.1, 0.15) is 5.82 Å². The topological polar surface area (TPSA) is 29.3 Å². The predicted octanol–water partition coefficient (Wildman–Crippen LogP) is 3.08. The number of nitrogens with two attached hydrogens (primary N) is 1. The summed E-state index contributed by atoms with van der Waals surface area (Å²) in [6.07, 6.45) is 2.57. The van der Waals surface area contributed by atoms with Crippen molar-refractivity contribution in [3.8, 4) is 0 Å². The summed E-state index contributed by atoms with van der Waals surface area (Å²) in [5, 5.41) is 0. The molecule has 1 fully saturated rings. The zero-order valence-electron chi connectivity index (χ0n) is 10.8. The van der Waals surface area contributed by atoms with E-state index in [1.165, 1.54) is 18.9 Å². The van der Waals surface area contributed by atoms with E-state index in [9.17, 15) is 4.39 Å². The molecule has 0 saturated heterocycles. The Morgan fingerprint density at radius 1 is 1.35 bits per heavy atom. The Kier molecular flexibility index (Phi) is 3.38. The van der Waals surface area contributed by atoms with Crippen LogP contribution in [0.5, 0.6) is 0 Å². The molecule has 2 atom stereocenters. The van der Waals surface area contributed by atoms with Gasteiger partial charge in [0.05, 0.1) is 0 Å². The Morgan fingerprint density at radius 2 is 2.00 bits per heavy atom. The molecule has 0 amide bonds. The Hall–Kier alpha value is -1.09. The van der Waals surface area contributed by atoms with Crippen molar-refractivity contribution in [1.82, 2.24) is 0 Å². The van der Waals surface area contributed by atoms with Gasteiger partial charge in [-0.2, -0.15) is 0 Å². The van der Waals surface area contributed by atoms with Crippen molar-refractivity contribution in [2.45, 2.75) is 38.8 Å². The second-order valence-corrected chi connectivity index (χ2v) is 5.15. The summed E-state index contributed by atoms with van der Waals surface area (Å²) in [5.41, 5.74) is 7.44. The third kappa shape index (κ3) is 2.44. The van der Waals surface area contributed by atoms with E-state index in [1.807, 2.05) is 20.0 Å². The van der Waals surface area contributed by atoms with Crippen LogP contribution in [-0.4, -0.2) is 13.1 Å². The van der Waals surface area contributed by atoms with Gasteiger partial charge in [0, 0.05) is 30.4 Å². The first-order chi connectivity index (χ1) is 8.02. The van der Waals surface area contributed by atoms with E-state index >= 15 is 0 Å². The van der Waals surface area contributed by atoms with Crippen LogP contribution >= 0.6 is 0 Å². The summed E-state index contributed by atoms with van der Waals surface area (Å²) < 4.78 is 13.8. The Morgan fingerprint density at radius 3 is 2.53 bits per heavy atom. The molecular weight excluding hydrogens is 215 g/mol. The molecule has 0 aliphatic heterocycles. The average Bonchev–Trinajstić information content (AvgIpc) is 3.10. The lowest BCUT2D eigenvalue weighted by atomic mass is 10.0. The van der Waals surface area contributed by atoms with Gasteiger partial charge >= 0.3 is 0 Å². The van der Waals surface area contributed by atoms with Crippen LogP contribution in [0.4, 0.5) is 10.1 Å². The molecule has 1 aliphatic carbocycles. The van der Waals surface area contributed by atoms with Gasteiger partial charge < -0.3 is 10.6 Å². The standard InChI is InChI=1S/C14H21FN2/c1-9(16)14-12(15)5-4-6-13(14)17(3)10(2)11-7-8-11/h4-6,9-11H,7-8,16H2,1-3H3/t9-,10?/m0/s1. The quantitative estimate of drug-likeness (QED) is 0.870. The van der Waals surface area contributed by atoms with Crippen LogP contribution in [0.2, 0.25) is 0 Å². The van der Waals surface area contributed by atoms with E-state index in [4.69, 9.17) is 5.73 Å². The fraction of sp³-hybridized carbons (Fsp3) is 0.571. The van der Waals surface area contributed by atoms with Crippen molar-refractivity contribution in [1.29, 1.82) is 0 Å². The zero-order valence-corrected chi connectivity index (χ0v) is 10.8. The van der Waals surface area contributed by atoms with Crippen LogP contribution in [0.3, 0.4) is 0 Å². The van der Waals surface area contributed by atoms with Crippen LogP contribution in [0.15, 0.2) is 18.2 Å². The van der Waals surface area contributed by atoms with Gasteiger partial charge in [0.25, 0.3) is 0 Å².